The highest BCUT2D eigenvalue weighted by Gasteiger charge is 2.64. The summed E-state index contributed by atoms with van der Waals surface area (Å²) >= 11 is 0. The van der Waals surface area contributed by atoms with Gasteiger partial charge in [-0.15, -0.1) is 0 Å². The molecule has 2 N–H and O–H groups in total. The van der Waals surface area contributed by atoms with Crippen LogP contribution in [-0.2, 0) is 4.79 Å². The molecule has 3 nitrogen and oxygen atoms in total. The van der Waals surface area contributed by atoms with Crippen LogP contribution >= 0.6 is 0 Å². The molecular formula is C24H35FN2O. The Hall–Kier alpha value is -1.42. The molecule has 0 aromatic carbocycles. The normalized spacial score (nSPS) is 45.0. The quantitative estimate of drug-likeness (QED) is 0.685. The largest absolute Gasteiger partial charge is 0.350 e. The molecule has 5 fully saturated rings. The molecule has 1 aliphatic heterocycles. The van der Waals surface area contributed by atoms with Crippen molar-refractivity contribution < 1.29 is 9.18 Å². The first-order valence-electron chi connectivity index (χ1n) is 10.9. The highest BCUT2D eigenvalue weighted by atomic mass is 19.1. The van der Waals surface area contributed by atoms with Crippen LogP contribution in [0.5, 0.6) is 0 Å². The number of piperidine rings is 1. The summed E-state index contributed by atoms with van der Waals surface area (Å²) in [7, 11) is 0. The van der Waals surface area contributed by atoms with E-state index in [0.29, 0.717) is 18.9 Å². The molecule has 1 heterocycles. The fourth-order valence-corrected chi connectivity index (χ4v) is 7.30. The summed E-state index contributed by atoms with van der Waals surface area (Å²) in [6.45, 7) is 9.93. The van der Waals surface area contributed by atoms with Crippen LogP contribution < -0.4 is 10.6 Å². The van der Waals surface area contributed by atoms with E-state index in [-0.39, 0.29) is 28.2 Å². The summed E-state index contributed by atoms with van der Waals surface area (Å²) in [5.74, 6) is 0.681. The highest BCUT2D eigenvalue weighted by Crippen LogP contribution is 2.71. The van der Waals surface area contributed by atoms with Crippen molar-refractivity contribution in [1.29, 1.82) is 0 Å². The number of carbonyl (C=O) groups is 1. The number of nitrogens with one attached hydrogen (secondary N) is 2. The third-order valence-corrected chi connectivity index (χ3v) is 7.84. The van der Waals surface area contributed by atoms with Crippen LogP contribution in [-0.4, -0.2) is 31.2 Å². The maximum absolute atomic E-state index is 14.3. The van der Waals surface area contributed by atoms with Gasteiger partial charge in [-0.1, -0.05) is 37.8 Å². The minimum Gasteiger partial charge on any atom is -0.350 e. The molecule has 4 aliphatic carbocycles. The number of rotatable bonds is 5. The van der Waals surface area contributed by atoms with Crippen LogP contribution in [0.3, 0.4) is 0 Å². The summed E-state index contributed by atoms with van der Waals surface area (Å²) in [5, 5.41) is 6.21. The van der Waals surface area contributed by atoms with Gasteiger partial charge in [0.05, 0.1) is 11.5 Å². The van der Waals surface area contributed by atoms with E-state index in [1.807, 2.05) is 19.1 Å². The molecule has 2 unspecified atom stereocenters. The van der Waals surface area contributed by atoms with Crippen LogP contribution in [0.4, 0.5) is 4.39 Å². The standard InChI is InChI=1S/C24H35FN2O/c1-4-5-6-7-17(2)23-11-18-10-22(3,14-23)15-24(12-18,16-23)21(28)27-20-8-9-26-13-19(20)25/h4-7,18-20,26H,2,8-16H2,1,3H3,(H,27,28)/b5-4-,7-6-/t18?,19-,20-,22+,23+,24?/m0/s1. The third kappa shape index (κ3) is 3.38. The lowest BCUT2D eigenvalue weighted by atomic mass is 9.38. The van der Waals surface area contributed by atoms with Crippen molar-refractivity contribution in [3.8, 4) is 0 Å². The predicted molar refractivity (Wildman–Crippen MR) is 112 cm³/mol. The van der Waals surface area contributed by atoms with Crippen molar-refractivity contribution in [3.63, 3.8) is 0 Å². The average molecular weight is 387 g/mol. The van der Waals surface area contributed by atoms with E-state index in [9.17, 15) is 9.18 Å². The molecule has 5 aliphatic rings. The summed E-state index contributed by atoms with van der Waals surface area (Å²) in [6, 6.07) is -0.344. The summed E-state index contributed by atoms with van der Waals surface area (Å²) in [4.78, 5) is 13.5. The Morgan fingerprint density at radius 3 is 2.64 bits per heavy atom. The fourth-order valence-electron chi connectivity index (χ4n) is 7.30. The van der Waals surface area contributed by atoms with Crippen molar-refractivity contribution in [2.24, 2.45) is 22.2 Å². The van der Waals surface area contributed by atoms with Crippen LogP contribution in [0, 0.1) is 22.2 Å². The van der Waals surface area contributed by atoms with Crippen LogP contribution in [0.15, 0.2) is 36.5 Å². The summed E-state index contributed by atoms with van der Waals surface area (Å²) < 4.78 is 14.3. The van der Waals surface area contributed by atoms with E-state index in [4.69, 9.17) is 0 Å². The molecule has 0 aromatic heterocycles. The zero-order valence-corrected chi connectivity index (χ0v) is 17.4. The van der Waals surface area contributed by atoms with Crippen molar-refractivity contribution >= 4 is 5.91 Å². The molecule has 28 heavy (non-hydrogen) atoms. The molecule has 4 bridgehead atoms. The smallest absolute Gasteiger partial charge is 0.226 e. The number of amides is 1. The second-order valence-electron chi connectivity index (χ2n) is 10.4. The van der Waals surface area contributed by atoms with Gasteiger partial charge in [0.1, 0.15) is 6.17 Å². The van der Waals surface area contributed by atoms with Crippen molar-refractivity contribution in [2.45, 2.75) is 71.0 Å². The van der Waals surface area contributed by atoms with E-state index in [2.05, 4.69) is 36.3 Å². The highest BCUT2D eigenvalue weighted by molar-refractivity contribution is 5.84. The lowest BCUT2D eigenvalue weighted by Crippen LogP contribution is -2.63. The number of hydrogen-bond acceptors (Lipinski definition) is 2. The van der Waals surface area contributed by atoms with Crippen molar-refractivity contribution in [3.05, 3.63) is 36.5 Å². The average Bonchev–Trinajstić information content (AvgIpc) is 2.61. The molecule has 154 valence electrons. The van der Waals surface area contributed by atoms with E-state index < -0.39 is 6.17 Å². The van der Waals surface area contributed by atoms with Gasteiger partial charge in [-0.3, -0.25) is 4.79 Å². The first-order chi connectivity index (χ1) is 13.3. The molecule has 5 rings (SSSR count). The Kier molecular flexibility index (Phi) is 5.06. The monoisotopic (exact) mass is 386 g/mol. The van der Waals surface area contributed by atoms with Gasteiger partial charge in [0.15, 0.2) is 0 Å². The zero-order valence-electron chi connectivity index (χ0n) is 17.4. The minimum absolute atomic E-state index is 0.0207. The Morgan fingerprint density at radius 2 is 1.93 bits per heavy atom. The lowest BCUT2D eigenvalue weighted by molar-refractivity contribution is -0.167. The third-order valence-electron chi connectivity index (χ3n) is 7.84. The SMILES string of the molecule is C=C(/C=C\C=C/C)[C@]12CC3CC(C(=O)N[C@H]4CCNC[C@@H]4F)(C[C@](C)(C3)C1)C2. The van der Waals surface area contributed by atoms with Gasteiger partial charge in [0.25, 0.3) is 0 Å². The number of alkyl halides is 1. The lowest BCUT2D eigenvalue weighted by Gasteiger charge is -2.65. The van der Waals surface area contributed by atoms with Crippen LogP contribution in [0.1, 0.15) is 58.8 Å². The molecule has 4 heteroatoms. The van der Waals surface area contributed by atoms with Gasteiger partial charge in [-0.05, 0) is 80.7 Å². The van der Waals surface area contributed by atoms with Crippen molar-refractivity contribution in [1.82, 2.24) is 10.6 Å². The topological polar surface area (TPSA) is 41.1 Å². The van der Waals surface area contributed by atoms with Gasteiger partial charge in [-0.25, -0.2) is 4.39 Å². The summed E-state index contributed by atoms with van der Waals surface area (Å²) in [5.41, 5.74) is 1.03. The Labute approximate surface area is 168 Å². The fraction of sp³-hybridized carbons (Fsp3) is 0.708. The second-order valence-corrected chi connectivity index (χ2v) is 10.4. The molecule has 1 amide bonds. The number of hydrogen-bond donors (Lipinski definition) is 2. The Bertz CT molecular complexity index is 715. The predicted octanol–water partition coefficient (Wildman–Crippen LogP) is 4.47. The molecular weight excluding hydrogens is 351 g/mol. The molecule has 4 saturated carbocycles. The maximum Gasteiger partial charge on any atom is 0.226 e. The Morgan fingerprint density at radius 1 is 1.18 bits per heavy atom. The molecule has 6 atom stereocenters. The summed E-state index contributed by atoms with van der Waals surface area (Å²) in [6.07, 6.45) is 14.2. The van der Waals surface area contributed by atoms with Gasteiger partial charge in [0.2, 0.25) is 5.91 Å². The zero-order chi connectivity index (χ0) is 20.0. The second kappa shape index (κ2) is 7.12. The van der Waals surface area contributed by atoms with Crippen LogP contribution in [0.2, 0.25) is 0 Å². The van der Waals surface area contributed by atoms with Gasteiger partial charge < -0.3 is 10.6 Å². The molecule has 0 radical (unpaired) electrons. The van der Waals surface area contributed by atoms with Gasteiger partial charge in [-0.2, -0.15) is 0 Å². The van der Waals surface area contributed by atoms with Gasteiger partial charge >= 0.3 is 0 Å². The van der Waals surface area contributed by atoms with E-state index >= 15 is 0 Å². The number of allylic oxidation sites excluding steroid dienone is 5. The number of carbonyl (C=O) groups excluding carboxylic acids is 1. The van der Waals surface area contributed by atoms with Gasteiger partial charge in [0, 0.05) is 6.54 Å². The first-order valence-corrected chi connectivity index (χ1v) is 10.9. The molecule has 0 aromatic rings. The minimum atomic E-state index is -0.991. The van der Waals surface area contributed by atoms with E-state index in [0.717, 1.165) is 38.6 Å². The Balaban J connectivity index is 1.59. The maximum atomic E-state index is 14.3. The van der Waals surface area contributed by atoms with Crippen molar-refractivity contribution in [2.75, 3.05) is 13.1 Å². The number of halogens is 1. The van der Waals surface area contributed by atoms with E-state index in [1.54, 1.807) is 0 Å². The molecule has 1 saturated heterocycles. The van der Waals surface area contributed by atoms with E-state index in [1.165, 1.54) is 12.0 Å². The van der Waals surface area contributed by atoms with Crippen LogP contribution in [0.25, 0.3) is 0 Å². The first kappa shape index (κ1) is 19.9. The molecule has 0 spiro atoms.